The standard InChI is InChI=1S/C30H22N2O4/c33-26-16-14-24-28-22(26)12-7-13-23(28)30(34)32(24)25-15-17-27(35-18-20-8-3-1-4-9-20)31-29(25)36-19-21-10-5-2-6-11-21/h1-17,33H,18-19H2. The summed E-state index contributed by atoms with van der Waals surface area (Å²) in [5.74, 6) is 0.608. The summed E-state index contributed by atoms with van der Waals surface area (Å²) in [6, 6.07) is 31.8. The Balaban J connectivity index is 1.39. The summed E-state index contributed by atoms with van der Waals surface area (Å²) in [6.07, 6.45) is 0. The van der Waals surface area contributed by atoms with Crippen molar-refractivity contribution in [3.05, 3.63) is 120 Å². The van der Waals surface area contributed by atoms with Gasteiger partial charge in [-0.25, -0.2) is 0 Å². The van der Waals surface area contributed by atoms with Crippen LogP contribution in [0.2, 0.25) is 0 Å². The normalized spacial score (nSPS) is 12.2. The van der Waals surface area contributed by atoms with Crippen molar-refractivity contribution in [2.75, 3.05) is 4.90 Å². The third-order valence-corrected chi connectivity index (χ3v) is 6.17. The van der Waals surface area contributed by atoms with E-state index in [2.05, 4.69) is 4.98 Å². The van der Waals surface area contributed by atoms with Crippen molar-refractivity contribution in [3.63, 3.8) is 0 Å². The second kappa shape index (κ2) is 9.07. The van der Waals surface area contributed by atoms with Crippen molar-refractivity contribution in [3.8, 4) is 17.5 Å². The second-order valence-corrected chi connectivity index (χ2v) is 8.49. The van der Waals surface area contributed by atoms with Gasteiger partial charge >= 0.3 is 0 Å². The number of pyridine rings is 1. The van der Waals surface area contributed by atoms with Gasteiger partial charge in [-0.3, -0.25) is 9.69 Å². The summed E-state index contributed by atoms with van der Waals surface area (Å²) in [4.78, 5) is 19.8. The SMILES string of the molecule is O=C1c2cccc3c(O)ccc(c23)N1c1ccc(OCc2ccccc2)nc1OCc1ccccc1. The van der Waals surface area contributed by atoms with Crippen LogP contribution in [-0.2, 0) is 13.2 Å². The number of aromatic hydroxyl groups is 1. The molecule has 4 aromatic carbocycles. The smallest absolute Gasteiger partial charge is 0.263 e. The number of aromatic nitrogens is 1. The number of anilines is 2. The number of phenolic OH excluding ortho intramolecular Hbond substituents is 1. The monoisotopic (exact) mass is 474 g/mol. The molecule has 1 N–H and O–H groups in total. The van der Waals surface area contributed by atoms with Crippen LogP contribution in [0.5, 0.6) is 17.5 Å². The van der Waals surface area contributed by atoms with Crippen LogP contribution in [0.4, 0.5) is 11.4 Å². The molecule has 36 heavy (non-hydrogen) atoms. The highest BCUT2D eigenvalue weighted by molar-refractivity contribution is 6.28. The maximum atomic E-state index is 13.5. The molecule has 6 heteroatoms. The first-order valence-electron chi connectivity index (χ1n) is 11.6. The summed E-state index contributed by atoms with van der Waals surface area (Å²) in [5, 5.41) is 11.7. The maximum Gasteiger partial charge on any atom is 0.263 e. The minimum atomic E-state index is -0.203. The van der Waals surface area contributed by atoms with Gasteiger partial charge in [-0.1, -0.05) is 72.8 Å². The Morgan fingerprint density at radius 1 is 0.694 bits per heavy atom. The van der Waals surface area contributed by atoms with Crippen molar-refractivity contribution in [2.45, 2.75) is 13.2 Å². The molecule has 0 spiro atoms. The van der Waals surface area contributed by atoms with Crippen LogP contribution in [0.25, 0.3) is 10.8 Å². The minimum Gasteiger partial charge on any atom is -0.507 e. The van der Waals surface area contributed by atoms with Crippen LogP contribution in [0.15, 0.2) is 103 Å². The van der Waals surface area contributed by atoms with Gasteiger partial charge in [0.15, 0.2) is 0 Å². The molecule has 5 aromatic rings. The molecule has 0 bridgehead atoms. The van der Waals surface area contributed by atoms with E-state index in [0.717, 1.165) is 11.1 Å². The van der Waals surface area contributed by atoms with E-state index in [4.69, 9.17) is 9.47 Å². The van der Waals surface area contributed by atoms with E-state index in [1.54, 1.807) is 47.4 Å². The fraction of sp³-hybridized carbons (Fsp3) is 0.0667. The van der Waals surface area contributed by atoms with Gasteiger partial charge in [-0.05, 0) is 35.4 Å². The van der Waals surface area contributed by atoms with E-state index >= 15 is 0 Å². The molecule has 6 rings (SSSR count). The molecule has 1 aromatic heterocycles. The Labute approximate surface area is 208 Å². The van der Waals surface area contributed by atoms with Gasteiger partial charge in [-0.2, -0.15) is 4.98 Å². The average Bonchev–Trinajstić information content (AvgIpc) is 3.22. The van der Waals surface area contributed by atoms with Gasteiger partial charge in [0.25, 0.3) is 5.91 Å². The number of amides is 1. The van der Waals surface area contributed by atoms with Crippen LogP contribution in [-0.4, -0.2) is 16.0 Å². The second-order valence-electron chi connectivity index (χ2n) is 8.49. The van der Waals surface area contributed by atoms with Crippen molar-refractivity contribution >= 4 is 28.1 Å². The minimum absolute atomic E-state index is 0.133. The van der Waals surface area contributed by atoms with E-state index in [9.17, 15) is 9.90 Å². The number of carbonyl (C=O) groups is 1. The Hall–Kier alpha value is -4.84. The fourth-order valence-corrected chi connectivity index (χ4v) is 4.44. The number of nitrogens with zero attached hydrogens (tertiary/aromatic N) is 2. The highest BCUT2D eigenvalue weighted by Gasteiger charge is 2.34. The first-order valence-corrected chi connectivity index (χ1v) is 11.6. The van der Waals surface area contributed by atoms with E-state index in [-0.39, 0.29) is 24.1 Å². The Kier molecular flexibility index (Phi) is 5.46. The lowest BCUT2D eigenvalue weighted by molar-refractivity contribution is 0.100. The molecule has 0 atom stereocenters. The summed E-state index contributed by atoms with van der Waals surface area (Å²) < 4.78 is 12.1. The number of benzene rings is 4. The molecule has 0 fully saturated rings. The summed E-state index contributed by atoms with van der Waals surface area (Å²) in [7, 11) is 0. The third kappa shape index (κ3) is 3.88. The number of carbonyl (C=O) groups excluding carboxylic acids is 1. The molecule has 0 saturated heterocycles. The van der Waals surface area contributed by atoms with E-state index < -0.39 is 0 Å². The largest absolute Gasteiger partial charge is 0.507 e. The number of rotatable bonds is 7. The predicted molar refractivity (Wildman–Crippen MR) is 138 cm³/mol. The van der Waals surface area contributed by atoms with Gasteiger partial charge in [0.2, 0.25) is 11.8 Å². The van der Waals surface area contributed by atoms with Gasteiger partial charge in [0, 0.05) is 16.8 Å². The molecule has 176 valence electrons. The van der Waals surface area contributed by atoms with Crippen LogP contribution in [0.3, 0.4) is 0 Å². The molecular weight excluding hydrogens is 452 g/mol. The molecule has 2 heterocycles. The molecule has 6 nitrogen and oxygen atoms in total. The number of hydrogen-bond acceptors (Lipinski definition) is 5. The summed E-state index contributed by atoms with van der Waals surface area (Å²) in [6.45, 7) is 0.640. The summed E-state index contributed by atoms with van der Waals surface area (Å²) >= 11 is 0. The number of phenols is 1. The fourth-order valence-electron chi connectivity index (χ4n) is 4.44. The molecule has 1 aliphatic rings. The first-order chi connectivity index (χ1) is 17.7. The Bertz CT molecular complexity index is 1570. The van der Waals surface area contributed by atoms with Crippen LogP contribution in [0.1, 0.15) is 21.5 Å². The lowest BCUT2D eigenvalue weighted by Gasteiger charge is -2.21. The third-order valence-electron chi connectivity index (χ3n) is 6.17. The zero-order chi connectivity index (χ0) is 24.5. The molecule has 0 aliphatic carbocycles. The molecule has 0 unspecified atom stereocenters. The highest BCUT2D eigenvalue weighted by atomic mass is 16.5. The first kappa shape index (κ1) is 21.7. The Morgan fingerprint density at radius 3 is 2.08 bits per heavy atom. The predicted octanol–water partition coefficient (Wildman–Crippen LogP) is 6.39. The molecule has 0 radical (unpaired) electrons. The lowest BCUT2D eigenvalue weighted by atomic mass is 10.0. The van der Waals surface area contributed by atoms with Gasteiger partial charge < -0.3 is 14.6 Å². The number of ether oxygens (including phenoxy) is 2. The van der Waals surface area contributed by atoms with E-state index in [1.807, 2.05) is 60.7 Å². The Morgan fingerprint density at radius 2 is 1.36 bits per heavy atom. The molecular formula is C30H22N2O4. The zero-order valence-corrected chi connectivity index (χ0v) is 19.3. The average molecular weight is 475 g/mol. The van der Waals surface area contributed by atoms with Crippen molar-refractivity contribution in [2.24, 2.45) is 0 Å². The van der Waals surface area contributed by atoms with Gasteiger partial charge in [0.05, 0.1) is 11.3 Å². The van der Waals surface area contributed by atoms with Crippen molar-refractivity contribution in [1.82, 2.24) is 4.98 Å². The van der Waals surface area contributed by atoms with Crippen molar-refractivity contribution < 1.29 is 19.4 Å². The van der Waals surface area contributed by atoms with Crippen LogP contribution in [0, 0.1) is 0 Å². The van der Waals surface area contributed by atoms with Crippen molar-refractivity contribution in [1.29, 1.82) is 0 Å². The zero-order valence-electron chi connectivity index (χ0n) is 19.3. The lowest BCUT2D eigenvalue weighted by Crippen LogP contribution is -2.22. The quantitative estimate of drug-likeness (QED) is 0.296. The molecule has 0 saturated carbocycles. The highest BCUT2D eigenvalue weighted by Crippen LogP contribution is 2.46. The van der Waals surface area contributed by atoms with E-state index in [1.165, 1.54) is 0 Å². The molecule has 1 aliphatic heterocycles. The van der Waals surface area contributed by atoms with Crippen LogP contribution < -0.4 is 14.4 Å². The van der Waals surface area contributed by atoms with E-state index in [0.29, 0.717) is 40.2 Å². The number of hydrogen-bond donors (Lipinski definition) is 1. The topological polar surface area (TPSA) is 71.9 Å². The summed E-state index contributed by atoms with van der Waals surface area (Å²) in [5.41, 5.74) is 3.70. The van der Waals surface area contributed by atoms with Gasteiger partial charge in [0.1, 0.15) is 24.7 Å². The van der Waals surface area contributed by atoms with Crippen LogP contribution >= 0.6 is 0 Å². The van der Waals surface area contributed by atoms with Gasteiger partial charge in [-0.15, -0.1) is 0 Å². The molecule has 1 amide bonds. The maximum absolute atomic E-state index is 13.5.